The topological polar surface area (TPSA) is 103 Å². The standard InChI is InChI=1S/C9H11N5O/c10-6-2-1-3-7(4-6)15-5-8-12-9(11)14-13-8/h1-4H,5,10H2,(H3,11,12,13,14). The molecule has 0 saturated heterocycles. The number of nitrogens with two attached hydrogens (primary N) is 2. The van der Waals surface area contributed by atoms with Crippen LogP contribution in [0.1, 0.15) is 5.82 Å². The molecule has 1 heterocycles. The summed E-state index contributed by atoms with van der Waals surface area (Å²) in [5, 5.41) is 6.33. The molecule has 0 atom stereocenters. The van der Waals surface area contributed by atoms with E-state index < -0.39 is 0 Å². The molecule has 6 heteroatoms. The van der Waals surface area contributed by atoms with Crippen LogP contribution in [-0.4, -0.2) is 15.2 Å². The lowest BCUT2D eigenvalue weighted by atomic mass is 10.3. The Morgan fingerprint density at radius 1 is 1.33 bits per heavy atom. The van der Waals surface area contributed by atoms with Crippen molar-refractivity contribution in [3.05, 3.63) is 30.1 Å². The molecule has 0 fully saturated rings. The summed E-state index contributed by atoms with van der Waals surface area (Å²) < 4.78 is 5.42. The van der Waals surface area contributed by atoms with Gasteiger partial charge in [0.15, 0.2) is 5.82 Å². The van der Waals surface area contributed by atoms with Crippen LogP contribution < -0.4 is 16.2 Å². The molecule has 0 unspecified atom stereocenters. The van der Waals surface area contributed by atoms with Crippen LogP contribution in [-0.2, 0) is 6.61 Å². The Bertz CT molecular complexity index is 453. The van der Waals surface area contributed by atoms with E-state index >= 15 is 0 Å². The van der Waals surface area contributed by atoms with Gasteiger partial charge in [0.25, 0.3) is 0 Å². The van der Waals surface area contributed by atoms with Gasteiger partial charge in [-0.25, -0.2) is 0 Å². The maximum absolute atomic E-state index is 5.60. The Morgan fingerprint density at radius 2 is 2.20 bits per heavy atom. The molecule has 15 heavy (non-hydrogen) atoms. The zero-order valence-corrected chi connectivity index (χ0v) is 7.97. The fraction of sp³-hybridized carbons (Fsp3) is 0.111. The summed E-state index contributed by atoms with van der Waals surface area (Å²) in [5.74, 6) is 1.47. The van der Waals surface area contributed by atoms with Crippen molar-refractivity contribution in [3.63, 3.8) is 0 Å². The number of hydrogen-bond donors (Lipinski definition) is 3. The molecule has 5 N–H and O–H groups in total. The molecule has 0 aliphatic heterocycles. The quantitative estimate of drug-likeness (QED) is 0.635. The van der Waals surface area contributed by atoms with Crippen LogP contribution >= 0.6 is 0 Å². The molecular weight excluding hydrogens is 194 g/mol. The van der Waals surface area contributed by atoms with Crippen molar-refractivity contribution < 1.29 is 4.74 Å². The van der Waals surface area contributed by atoms with Crippen LogP contribution in [0.5, 0.6) is 5.75 Å². The number of rotatable bonds is 3. The number of nitrogens with zero attached hydrogens (tertiary/aromatic N) is 2. The molecule has 0 bridgehead atoms. The molecule has 0 aliphatic rings. The Kier molecular flexibility index (Phi) is 2.40. The Balaban J connectivity index is 1.99. The number of aromatic nitrogens is 3. The predicted molar refractivity (Wildman–Crippen MR) is 56.0 cm³/mol. The molecule has 78 valence electrons. The minimum atomic E-state index is 0.209. The number of nitrogen functional groups attached to an aromatic ring is 2. The highest BCUT2D eigenvalue weighted by molar-refractivity contribution is 5.43. The molecule has 2 aromatic rings. The number of anilines is 2. The van der Waals surface area contributed by atoms with Crippen molar-refractivity contribution in [2.24, 2.45) is 0 Å². The number of ether oxygens (including phenoxy) is 1. The SMILES string of the molecule is Nc1cccc(OCc2nc(N)n[nH]2)c1. The summed E-state index contributed by atoms with van der Waals surface area (Å²) in [4.78, 5) is 3.90. The number of nitrogens with one attached hydrogen (secondary N) is 1. The minimum absolute atomic E-state index is 0.209. The van der Waals surface area contributed by atoms with Crippen LogP contribution in [0.25, 0.3) is 0 Å². The maximum atomic E-state index is 5.60. The average Bonchev–Trinajstić information content (AvgIpc) is 2.62. The fourth-order valence-electron chi connectivity index (χ4n) is 1.13. The molecular formula is C9H11N5O. The van der Waals surface area contributed by atoms with Crippen molar-refractivity contribution in [2.45, 2.75) is 6.61 Å². The summed E-state index contributed by atoms with van der Waals surface area (Å²) in [5.41, 5.74) is 11.6. The second kappa shape index (κ2) is 3.87. The number of benzene rings is 1. The van der Waals surface area contributed by atoms with Gasteiger partial charge in [0.05, 0.1) is 0 Å². The lowest BCUT2D eigenvalue weighted by Crippen LogP contribution is -1.98. The van der Waals surface area contributed by atoms with Crippen LogP contribution in [0.4, 0.5) is 11.6 Å². The summed E-state index contributed by atoms with van der Waals surface area (Å²) in [6.07, 6.45) is 0. The number of H-pyrrole nitrogens is 1. The Morgan fingerprint density at radius 3 is 2.87 bits per heavy atom. The molecule has 1 aromatic heterocycles. The highest BCUT2D eigenvalue weighted by atomic mass is 16.5. The van der Waals surface area contributed by atoms with E-state index in [1.807, 2.05) is 12.1 Å². The summed E-state index contributed by atoms with van der Waals surface area (Å²) >= 11 is 0. The summed E-state index contributed by atoms with van der Waals surface area (Å²) in [6.45, 7) is 0.285. The first-order valence-electron chi connectivity index (χ1n) is 4.39. The highest BCUT2D eigenvalue weighted by Gasteiger charge is 2.00. The fourth-order valence-corrected chi connectivity index (χ4v) is 1.13. The zero-order chi connectivity index (χ0) is 10.7. The monoisotopic (exact) mass is 205 g/mol. The first kappa shape index (κ1) is 9.32. The Labute approximate surface area is 86.3 Å². The molecule has 0 amide bonds. The lowest BCUT2D eigenvalue weighted by Gasteiger charge is -2.03. The summed E-state index contributed by atoms with van der Waals surface area (Å²) in [7, 11) is 0. The second-order valence-electron chi connectivity index (χ2n) is 3.00. The van der Waals surface area contributed by atoms with Crippen molar-refractivity contribution in [2.75, 3.05) is 11.5 Å². The van der Waals surface area contributed by atoms with E-state index in [0.717, 1.165) is 0 Å². The number of hydrogen-bond acceptors (Lipinski definition) is 5. The van der Waals surface area contributed by atoms with Gasteiger partial charge in [-0.2, -0.15) is 4.98 Å². The van der Waals surface area contributed by atoms with E-state index in [1.54, 1.807) is 12.1 Å². The average molecular weight is 205 g/mol. The molecule has 0 saturated carbocycles. The van der Waals surface area contributed by atoms with Gasteiger partial charge in [-0.05, 0) is 12.1 Å². The van der Waals surface area contributed by atoms with Crippen LogP contribution in [0.2, 0.25) is 0 Å². The van der Waals surface area contributed by atoms with Crippen molar-refractivity contribution in [3.8, 4) is 5.75 Å². The van der Waals surface area contributed by atoms with Crippen molar-refractivity contribution >= 4 is 11.6 Å². The third-order valence-corrected chi connectivity index (χ3v) is 1.78. The van der Waals surface area contributed by atoms with Crippen LogP contribution in [0.3, 0.4) is 0 Å². The van der Waals surface area contributed by atoms with E-state index in [0.29, 0.717) is 17.3 Å². The molecule has 0 radical (unpaired) electrons. The van der Waals surface area contributed by atoms with E-state index in [-0.39, 0.29) is 12.6 Å². The van der Waals surface area contributed by atoms with Gasteiger partial charge in [-0.3, -0.25) is 5.10 Å². The molecule has 1 aromatic carbocycles. The van der Waals surface area contributed by atoms with E-state index in [9.17, 15) is 0 Å². The smallest absolute Gasteiger partial charge is 0.239 e. The normalized spacial score (nSPS) is 10.1. The van der Waals surface area contributed by atoms with E-state index in [4.69, 9.17) is 16.2 Å². The summed E-state index contributed by atoms with van der Waals surface area (Å²) in [6, 6.07) is 7.16. The van der Waals surface area contributed by atoms with Crippen molar-refractivity contribution in [1.82, 2.24) is 15.2 Å². The third kappa shape index (κ3) is 2.37. The molecule has 0 spiro atoms. The van der Waals surface area contributed by atoms with Crippen LogP contribution in [0.15, 0.2) is 24.3 Å². The Hall–Kier alpha value is -2.24. The third-order valence-electron chi connectivity index (χ3n) is 1.78. The van der Waals surface area contributed by atoms with Gasteiger partial charge in [0.2, 0.25) is 5.95 Å². The van der Waals surface area contributed by atoms with Gasteiger partial charge in [0, 0.05) is 11.8 Å². The highest BCUT2D eigenvalue weighted by Crippen LogP contribution is 2.15. The molecule has 0 aliphatic carbocycles. The predicted octanol–water partition coefficient (Wildman–Crippen LogP) is 0.548. The first-order chi connectivity index (χ1) is 7.24. The largest absolute Gasteiger partial charge is 0.486 e. The lowest BCUT2D eigenvalue weighted by molar-refractivity contribution is 0.296. The zero-order valence-electron chi connectivity index (χ0n) is 7.97. The van der Waals surface area contributed by atoms with Gasteiger partial charge >= 0.3 is 0 Å². The second-order valence-corrected chi connectivity index (χ2v) is 3.00. The van der Waals surface area contributed by atoms with Crippen LogP contribution in [0, 0.1) is 0 Å². The van der Waals surface area contributed by atoms with Gasteiger partial charge < -0.3 is 16.2 Å². The van der Waals surface area contributed by atoms with Gasteiger partial charge in [-0.1, -0.05) is 6.07 Å². The van der Waals surface area contributed by atoms with Gasteiger partial charge in [0.1, 0.15) is 12.4 Å². The first-order valence-corrected chi connectivity index (χ1v) is 4.39. The van der Waals surface area contributed by atoms with E-state index in [2.05, 4.69) is 15.2 Å². The number of aromatic amines is 1. The van der Waals surface area contributed by atoms with E-state index in [1.165, 1.54) is 0 Å². The minimum Gasteiger partial charge on any atom is -0.486 e. The van der Waals surface area contributed by atoms with Gasteiger partial charge in [-0.15, -0.1) is 5.10 Å². The van der Waals surface area contributed by atoms with Crippen molar-refractivity contribution in [1.29, 1.82) is 0 Å². The molecule has 2 rings (SSSR count). The maximum Gasteiger partial charge on any atom is 0.239 e. The molecule has 6 nitrogen and oxygen atoms in total.